The number of nitrogens with zero attached hydrogens (tertiary/aromatic N) is 1. The van der Waals surface area contributed by atoms with Gasteiger partial charge in [0.15, 0.2) is 0 Å². The fraction of sp³-hybridized carbons (Fsp3) is 0.174. The van der Waals surface area contributed by atoms with Crippen molar-refractivity contribution in [2.45, 2.75) is 11.8 Å². The monoisotopic (exact) mass is 474 g/mol. The summed E-state index contributed by atoms with van der Waals surface area (Å²) in [4.78, 5) is 12.9. The van der Waals surface area contributed by atoms with E-state index in [1.54, 1.807) is 55.6 Å². The summed E-state index contributed by atoms with van der Waals surface area (Å²) in [5.41, 5.74) is 1.57. The maximum Gasteiger partial charge on any atom is 0.264 e. The van der Waals surface area contributed by atoms with Crippen molar-refractivity contribution in [1.82, 2.24) is 0 Å². The summed E-state index contributed by atoms with van der Waals surface area (Å²) in [6.07, 6.45) is 0. The molecule has 0 saturated heterocycles. The van der Waals surface area contributed by atoms with E-state index in [-0.39, 0.29) is 16.3 Å². The molecular formula is C23H23ClN2O5S. The molecule has 0 heterocycles. The molecule has 0 aliphatic heterocycles. The fourth-order valence-corrected chi connectivity index (χ4v) is 4.59. The molecule has 1 N–H and O–H groups in total. The summed E-state index contributed by atoms with van der Waals surface area (Å²) < 4.78 is 38.5. The molecule has 0 atom stereocenters. The van der Waals surface area contributed by atoms with Crippen LogP contribution >= 0.6 is 11.6 Å². The quantitative estimate of drug-likeness (QED) is 0.519. The number of carbonyl (C=O) groups is 1. The Morgan fingerprint density at radius 1 is 0.969 bits per heavy atom. The lowest BCUT2D eigenvalue weighted by molar-refractivity contribution is -0.114. The predicted molar refractivity (Wildman–Crippen MR) is 125 cm³/mol. The fourth-order valence-electron chi connectivity index (χ4n) is 3.00. The molecule has 0 fully saturated rings. The first-order valence-corrected chi connectivity index (χ1v) is 11.4. The second kappa shape index (κ2) is 9.93. The minimum atomic E-state index is -4.10. The largest absolute Gasteiger partial charge is 0.497 e. The van der Waals surface area contributed by atoms with E-state index in [1.165, 1.54) is 25.3 Å². The Labute approximate surface area is 192 Å². The summed E-state index contributed by atoms with van der Waals surface area (Å²) in [6.45, 7) is 1.37. The topological polar surface area (TPSA) is 84.9 Å². The standard InChI is InChI=1S/C23H23ClN2O5S/c1-16-4-11-20(12-5-16)32(28,29)26(21-14-17(24)6-13-22(21)31-3)15-23(27)25-18-7-9-19(30-2)10-8-18/h4-14H,15H2,1-3H3,(H,25,27). The molecule has 1 amide bonds. The van der Waals surface area contributed by atoms with Gasteiger partial charge in [-0.1, -0.05) is 29.3 Å². The number of aryl methyl sites for hydroxylation is 1. The van der Waals surface area contributed by atoms with Crippen LogP contribution in [0.15, 0.2) is 71.6 Å². The molecule has 0 saturated carbocycles. The van der Waals surface area contributed by atoms with E-state index < -0.39 is 22.5 Å². The lowest BCUT2D eigenvalue weighted by Crippen LogP contribution is -2.38. The molecular weight excluding hydrogens is 452 g/mol. The summed E-state index contributed by atoms with van der Waals surface area (Å²) in [6, 6.07) is 17.7. The number of rotatable bonds is 8. The van der Waals surface area contributed by atoms with Gasteiger partial charge in [-0.15, -0.1) is 0 Å². The molecule has 9 heteroatoms. The van der Waals surface area contributed by atoms with Crippen molar-refractivity contribution >= 4 is 38.9 Å². The van der Waals surface area contributed by atoms with Crippen molar-refractivity contribution in [3.05, 3.63) is 77.3 Å². The smallest absolute Gasteiger partial charge is 0.264 e. The lowest BCUT2D eigenvalue weighted by atomic mass is 10.2. The van der Waals surface area contributed by atoms with Crippen LogP contribution in [0.2, 0.25) is 5.02 Å². The van der Waals surface area contributed by atoms with Gasteiger partial charge in [0, 0.05) is 10.7 Å². The van der Waals surface area contributed by atoms with Crippen molar-refractivity contribution < 1.29 is 22.7 Å². The molecule has 0 unspecified atom stereocenters. The molecule has 0 aliphatic carbocycles. The van der Waals surface area contributed by atoms with Gasteiger partial charge >= 0.3 is 0 Å². The molecule has 0 radical (unpaired) electrons. The Hall–Kier alpha value is -3.23. The zero-order chi connectivity index (χ0) is 23.3. The number of benzene rings is 3. The van der Waals surface area contributed by atoms with E-state index in [2.05, 4.69) is 5.32 Å². The summed E-state index contributed by atoms with van der Waals surface area (Å²) in [5, 5.41) is 3.01. The molecule has 7 nitrogen and oxygen atoms in total. The van der Waals surface area contributed by atoms with E-state index in [4.69, 9.17) is 21.1 Å². The second-order valence-electron chi connectivity index (χ2n) is 6.92. The van der Waals surface area contributed by atoms with Gasteiger partial charge in [0.25, 0.3) is 10.0 Å². The summed E-state index contributed by atoms with van der Waals surface area (Å²) >= 11 is 6.14. The van der Waals surface area contributed by atoms with E-state index in [9.17, 15) is 13.2 Å². The normalized spacial score (nSPS) is 11.0. The van der Waals surface area contributed by atoms with Gasteiger partial charge in [0.1, 0.15) is 18.0 Å². The predicted octanol–water partition coefficient (Wildman–Crippen LogP) is 4.50. The van der Waals surface area contributed by atoms with E-state index in [1.807, 2.05) is 6.92 Å². The molecule has 3 aromatic rings. The molecule has 0 spiro atoms. The molecule has 3 aromatic carbocycles. The minimum absolute atomic E-state index is 0.0439. The average Bonchev–Trinajstić information content (AvgIpc) is 2.78. The van der Waals surface area contributed by atoms with Crippen LogP contribution in [0.4, 0.5) is 11.4 Å². The number of hydrogen-bond acceptors (Lipinski definition) is 5. The lowest BCUT2D eigenvalue weighted by Gasteiger charge is -2.26. The van der Waals surface area contributed by atoms with Crippen molar-refractivity contribution in [2.75, 3.05) is 30.4 Å². The Bertz CT molecular complexity index is 1200. The van der Waals surface area contributed by atoms with Crippen LogP contribution < -0.4 is 19.1 Å². The molecule has 32 heavy (non-hydrogen) atoms. The van der Waals surface area contributed by atoms with Crippen molar-refractivity contribution in [2.24, 2.45) is 0 Å². The third kappa shape index (κ3) is 5.33. The van der Waals surface area contributed by atoms with Crippen LogP contribution in [-0.4, -0.2) is 35.1 Å². The maximum absolute atomic E-state index is 13.5. The molecule has 3 rings (SSSR count). The molecule has 168 valence electrons. The van der Waals surface area contributed by atoms with Crippen LogP contribution in [0, 0.1) is 6.92 Å². The van der Waals surface area contributed by atoms with Crippen molar-refractivity contribution in [3.63, 3.8) is 0 Å². The Morgan fingerprint density at radius 2 is 1.62 bits per heavy atom. The summed E-state index contributed by atoms with van der Waals surface area (Å²) in [5.74, 6) is 0.366. The van der Waals surface area contributed by atoms with Crippen LogP contribution in [0.1, 0.15) is 5.56 Å². The zero-order valence-corrected chi connectivity index (χ0v) is 19.4. The SMILES string of the molecule is COc1ccc(NC(=O)CN(c2cc(Cl)ccc2OC)S(=O)(=O)c2ccc(C)cc2)cc1. The Kier molecular flexibility index (Phi) is 7.27. The first-order chi connectivity index (χ1) is 15.2. The average molecular weight is 475 g/mol. The maximum atomic E-state index is 13.5. The van der Waals surface area contributed by atoms with Gasteiger partial charge in [-0.25, -0.2) is 8.42 Å². The van der Waals surface area contributed by atoms with Gasteiger partial charge < -0.3 is 14.8 Å². The van der Waals surface area contributed by atoms with E-state index >= 15 is 0 Å². The van der Waals surface area contributed by atoms with Gasteiger partial charge in [0.2, 0.25) is 5.91 Å². The van der Waals surface area contributed by atoms with Crippen LogP contribution in [0.5, 0.6) is 11.5 Å². The zero-order valence-electron chi connectivity index (χ0n) is 17.8. The number of nitrogens with one attached hydrogen (secondary N) is 1. The molecule has 0 aromatic heterocycles. The van der Waals surface area contributed by atoms with Gasteiger partial charge in [0.05, 0.1) is 24.8 Å². The highest BCUT2D eigenvalue weighted by molar-refractivity contribution is 7.92. The third-order valence-electron chi connectivity index (χ3n) is 4.68. The van der Waals surface area contributed by atoms with Crippen LogP contribution in [0.3, 0.4) is 0 Å². The van der Waals surface area contributed by atoms with Crippen molar-refractivity contribution in [3.8, 4) is 11.5 Å². The van der Waals surface area contributed by atoms with Gasteiger partial charge in [-0.2, -0.15) is 0 Å². The van der Waals surface area contributed by atoms with E-state index in [0.717, 1.165) is 9.87 Å². The molecule has 0 aliphatic rings. The van der Waals surface area contributed by atoms with Gasteiger partial charge in [-0.3, -0.25) is 9.10 Å². The van der Waals surface area contributed by atoms with Crippen LogP contribution in [-0.2, 0) is 14.8 Å². The second-order valence-corrected chi connectivity index (χ2v) is 9.22. The highest BCUT2D eigenvalue weighted by Gasteiger charge is 2.29. The Balaban J connectivity index is 1.99. The first-order valence-electron chi connectivity index (χ1n) is 9.61. The Morgan fingerprint density at radius 3 is 2.22 bits per heavy atom. The number of methoxy groups -OCH3 is 2. The van der Waals surface area contributed by atoms with Crippen molar-refractivity contribution in [1.29, 1.82) is 0 Å². The number of carbonyl (C=O) groups excluding carboxylic acids is 1. The number of anilines is 2. The highest BCUT2D eigenvalue weighted by Crippen LogP contribution is 2.35. The van der Waals surface area contributed by atoms with E-state index in [0.29, 0.717) is 16.5 Å². The highest BCUT2D eigenvalue weighted by atomic mass is 35.5. The third-order valence-corrected chi connectivity index (χ3v) is 6.69. The number of sulfonamides is 1. The number of halogens is 1. The van der Waals surface area contributed by atoms with Crippen LogP contribution in [0.25, 0.3) is 0 Å². The molecule has 0 bridgehead atoms. The number of amides is 1. The number of hydrogen-bond donors (Lipinski definition) is 1. The first kappa shape index (κ1) is 23.4. The minimum Gasteiger partial charge on any atom is -0.497 e. The number of ether oxygens (including phenoxy) is 2. The summed E-state index contributed by atoms with van der Waals surface area (Å²) in [7, 11) is -1.15. The van der Waals surface area contributed by atoms with Gasteiger partial charge in [-0.05, 0) is 61.5 Å².